The van der Waals surface area contributed by atoms with Crippen molar-refractivity contribution < 1.29 is 0 Å². The predicted octanol–water partition coefficient (Wildman–Crippen LogP) is 6.96. The molecule has 0 unspecified atom stereocenters. The third kappa shape index (κ3) is 3.46. The topological polar surface area (TPSA) is 0 Å². The highest BCUT2D eigenvalue weighted by atomic mass is 14.5. The molecule has 0 bridgehead atoms. The number of rotatable bonds is 6. The highest BCUT2D eigenvalue weighted by Crippen LogP contribution is 2.49. The zero-order valence-electron chi connectivity index (χ0n) is 16.5. The van der Waals surface area contributed by atoms with E-state index in [-0.39, 0.29) is 10.8 Å². The molecule has 0 saturated heterocycles. The van der Waals surface area contributed by atoms with E-state index in [1.165, 1.54) is 22.3 Å². The second-order valence-corrected chi connectivity index (χ2v) is 8.17. The zero-order chi connectivity index (χ0) is 18.6. The Morgan fingerprint density at radius 2 is 1.08 bits per heavy atom. The molecule has 0 atom stereocenters. The lowest BCUT2D eigenvalue weighted by molar-refractivity contribution is 0.201. The van der Waals surface area contributed by atoms with Gasteiger partial charge in [-0.15, -0.1) is 0 Å². The second kappa shape index (κ2) is 7.50. The summed E-state index contributed by atoms with van der Waals surface area (Å²) in [6.45, 7) is 9.47. The molecule has 0 radical (unpaired) electrons. The molecular weight excluding hydrogens is 312 g/mol. The van der Waals surface area contributed by atoms with Gasteiger partial charge in [0.1, 0.15) is 0 Å². The van der Waals surface area contributed by atoms with Crippen molar-refractivity contribution >= 4 is 0 Å². The highest BCUT2D eigenvalue weighted by Gasteiger charge is 2.43. The molecule has 134 valence electrons. The van der Waals surface area contributed by atoms with E-state index in [1.54, 1.807) is 0 Å². The van der Waals surface area contributed by atoms with Crippen molar-refractivity contribution in [1.29, 1.82) is 0 Å². The summed E-state index contributed by atoms with van der Waals surface area (Å²) < 4.78 is 0. The lowest BCUT2D eigenvalue weighted by Crippen LogP contribution is -2.41. The van der Waals surface area contributed by atoms with Gasteiger partial charge in [0.2, 0.25) is 0 Å². The first-order valence-electron chi connectivity index (χ1n) is 9.61. The first kappa shape index (κ1) is 18.5. The molecule has 0 spiro atoms. The van der Waals surface area contributed by atoms with Crippen LogP contribution in [0.1, 0.15) is 49.4 Å². The molecule has 26 heavy (non-hydrogen) atoms. The summed E-state index contributed by atoms with van der Waals surface area (Å²) in [4.78, 5) is 0. The van der Waals surface area contributed by atoms with E-state index in [9.17, 15) is 0 Å². The predicted molar refractivity (Wildman–Crippen MR) is 113 cm³/mol. The molecule has 0 amide bonds. The van der Waals surface area contributed by atoms with Crippen LogP contribution in [0.2, 0.25) is 0 Å². The zero-order valence-corrected chi connectivity index (χ0v) is 16.5. The second-order valence-electron chi connectivity index (χ2n) is 8.17. The van der Waals surface area contributed by atoms with Gasteiger partial charge < -0.3 is 0 Å². The van der Waals surface area contributed by atoms with Gasteiger partial charge in [-0.05, 0) is 47.4 Å². The molecule has 0 saturated carbocycles. The molecule has 0 nitrogen and oxygen atoms in total. The maximum atomic E-state index is 2.42. The SMILES string of the molecule is Cc1ccccc1CCC(C)(C)C(C)(c1ccccc1)c1ccccc1. The molecule has 0 aliphatic rings. The van der Waals surface area contributed by atoms with Crippen LogP contribution in [-0.2, 0) is 11.8 Å². The fourth-order valence-corrected chi connectivity index (χ4v) is 4.08. The smallest absolute Gasteiger partial charge is 0.0225 e. The average molecular weight is 343 g/mol. The molecule has 3 rings (SSSR count). The van der Waals surface area contributed by atoms with Crippen LogP contribution in [-0.4, -0.2) is 0 Å². The molecule has 0 fully saturated rings. The van der Waals surface area contributed by atoms with E-state index in [4.69, 9.17) is 0 Å². The van der Waals surface area contributed by atoms with Gasteiger partial charge >= 0.3 is 0 Å². The van der Waals surface area contributed by atoms with E-state index in [0.29, 0.717) is 0 Å². The van der Waals surface area contributed by atoms with Gasteiger partial charge in [0.05, 0.1) is 0 Å². The molecule has 0 N–H and O–H groups in total. The standard InChI is InChI=1S/C26H30/c1-21-13-11-12-14-22(21)19-20-25(2,3)26(4,23-15-7-5-8-16-23)24-17-9-6-10-18-24/h5-18H,19-20H2,1-4H3. The van der Waals surface area contributed by atoms with Crippen molar-refractivity contribution in [2.24, 2.45) is 5.41 Å². The molecule has 3 aromatic carbocycles. The third-order valence-corrected chi connectivity index (χ3v) is 6.34. The van der Waals surface area contributed by atoms with Crippen molar-refractivity contribution in [1.82, 2.24) is 0 Å². The molecule has 3 aromatic rings. The van der Waals surface area contributed by atoms with Gasteiger partial charge in [0.15, 0.2) is 0 Å². The van der Waals surface area contributed by atoms with E-state index < -0.39 is 0 Å². The minimum Gasteiger partial charge on any atom is -0.0622 e. The summed E-state index contributed by atoms with van der Waals surface area (Å²) in [5.74, 6) is 0. The van der Waals surface area contributed by atoms with Gasteiger partial charge in [0.25, 0.3) is 0 Å². The Hall–Kier alpha value is -2.34. The maximum Gasteiger partial charge on any atom is 0.0225 e. The molecular formula is C26H30. The van der Waals surface area contributed by atoms with E-state index in [0.717, 1.165) is 12.8 Å². The van der Waals surface area contributed by atoms with Gasteiger partial charge in [-0.2, -0.15) is 0 Å². The van der Waals surface area contributed by atoms with E-state index >= 15 is 0 Å². The maximum absolute atomic E-state index is 2.42. The third-order valence-electron chi connectivity index (χ3n) is 6.34. The van der Waals surface area contributed by atoms with Crippen LogP contribution in [0.15, 0.2) is 84.9 Å². The number of benzene rings is 3. The van der Waals surface area contributed by atoms with Crippen LogP contribution in [0.4, 0.5) is 0 Å². The Kier molecular flexibility index (Phi) is 5.32. The van der Waals surface area contributed by atoms with Crippen molar-refractivity contribution in [3.63, 3.8) is 0 Å². The summed E-state index contributed by atoms with van der Waals surface area (Å²) in [5, 5.41) is 0. The lowest BCUT2D eigenvalue weighted by Gasteiger charge is -2.46. The van der Waals surface area contributed by atoms with E-state index in [1.807, 2.05) is 0 Å². The van der Waals surface area contributed by atoms with Crippen LogP contribution in [0.25, 0.3) is 0 Å². The van der Waals surface area contributed by atoms with Crippen molar-refractivity contribution in [2.75, 3.05) is 0 Å². The minimum atomic E-state index is -0.0434. The summed E-state index contributed by atoms with van der Waals surface area (Å²) in [6.07, 6.45) is 2.24. The summed E-state index contributed by atoms with van der Waals surface area (Å²) in [6, 6.07) is 30.7. The van der Waals surface area contributed by atoms with Gasteiger partial charge in [-0.3, -0.25) is 0 Å². The highest BCUT2D eigenvalue weighted by molar-refractivity contribution is 5.41. The number of aryl methyl sites for hydroxylation is 2. The summed E-state index contributed by atoms with van der Waals surface area (Å²) in [5.41, 5.74) is 5.70. The Morgan fingerprint density at radius 1 is 0.615 bits per heavy atom. The van der Waals surface area contributed by atoms with Crippen molar-refractivity contribution in [3.05, 3.63) is 107 Å². The van der Waals surface area contributed by atoms with Crippen LogP contribution < -0.4 is 0 Å². The summed E-state index contributed by atoms with van der Waals surface area (Å²) >= 11 is 0. The van der Waals surface area contributed by atoms with Crippen molar-refractivity contribution in [2.45, 2.75) is 46.0 Å². The largest absolute Gasteiger partial charge is 0.0622 e. The first-order chi connectivity index (χ1) is 12.4. The fourth-order valence-electron chi connectivity index (χ4n) is 4.08. The Balaban J connectivity index is 1.99. The number of hydrogen-bond donors (Lipinski definition) is 0. The minimum absolute atomic E-state index is 0.0434. The van der Waals surface area contributed by atoms with Gasteiger partial charge in [0, 0.05) is 5.41 Å². The Morgan fingerprint density at radius 3 is 1.58 bits per heavy atom. The van der Waals surface area contributed by atoms with Crippen molar-refractivity contribution in [3.8, 4) is 0 Å². The molecule has 0 aliphatic heterocycles. The van der Waals surface area contributed by atoms with Crippen LogP contribution in [0.5, 0.6) is 0 Å². The molecule has 0 heteroatoms. The number of hydrogen-bond acceptors (Lipinski definition) is 0. The average Bonchev–Trinajstić information content (AvgIpc) is 2.68. The van der Waals surface area contributed by atoms with Gasteiger partial charge in [-0.25, -0.2) is 0 Å². The van der Waals surface area contributed by atoms with E-state index in [2.05, 4.69) is 113 Å². The molecule has 0 heterocycles. The first-order valence-corrected chi connectivity index (χ1v) is 9.61. The Labute approximate surface area is 158 Å². The Bertz CT molecular complexity index is 789. The summed E-state index contributed by atoms with van der Waals surface area (Å²) in [7, 11) is 0. The van der Waals surface area contributed by atoms with Crippen LogP contribution in [0, 0.1) is 12.3 Å². The van der Waals surface area contributed by atoms with Gasteiger partial charge in [-0.1, -0.05) is 106 Å². The fraction of sp³-hybridized carbons (Fsp3) is 0.308. The monoisotopic (exact) mass is 342 g/mol. The molecule has 0 aromatic heterocycles. The molecule has 0 aliphatic carbocycles. The quantitative estimate of drug-likeness (QED) is 0.454. The lowest BCUT2D eigenvalue weighted by atomic mass is 9.57. The van der Waals surface area contributed by atoms with Crippen LogP contribution in [0.3, 0.4) is 0 Å². The normalized spacial score (nSPS) is 12.2. The van der Waals surface area contributed by atoms with Crippen LogP contribution >= 0.6 is 0 Å².